The van der Waals surface area contributed by atoms with Gasteiger partial charge in [0, 0.05) is 5.02 Å². The highest BCUT2D eigenvalue weighted by Crippen LogP contribution is 2.28. The first-order valence-corrected chi connectivity index (χ1v) is 9.04. The van der Waals surface area contributed by atoms with Gasteiger partial charge in [0.1, 0.15) is 23.9 Å². The number of carbonyl (C=O) groups excluding carboxylic acids is 1. The van der Waals surface area contributed by atoms with Crippen molar-refractivity contribution in [2.24, 2.45) is 0 Å². The lowest BCUT2D eigenvalue weighted by Crippen LogP contribution is -2.13. The molecular weight excluding hydrogens is 404 g/mol. The van der Waals surface area contributed by atoms with E-state index in [1.807, 2.05) is 6.92 Å². The molecule has 2 aromatic carbocycles. The maximum atomic E-state index is 12.6. The molecule has 5 nitrogen and oxygen atoms in total. The van der Waals surface area contributed by atoms with E-state index in [2.05, 4.69) is 10.1 Å². The number of anilines is 1. The van der Waals surface area contributed by atoms with Crippen LogP contribution in [0.2, 0.25) is 5.02 Å². The van der Waals surface area contributed by atoms with Gasteiger partial charge in [-0.3, -0.25) is 4.79 Å². The van der Waals surface area contributed by atoms with Crippen molar-refractivity contribution in [3.63, 3.8) is 0 Å². The van der Waals surface area contributed by atoms with E-state index in [0.29, 0.717) is 22.1 Å². The number of hydrogen-bond acceptors (Lipinski definition) is 4. The number of rotatable bonds is 7. The summed E-state index contributed by atoms with van der Waals surface area (Å²) in [6.07, 6.45) is 0. The number of amides is 1. The summed E-state index contributed by atoms with van der Waals surface area (Å²) in [7, 11) is 0. The van der Waals surface area contributed by atoms with Crippen molar-refractivity contribution in [1.82, 2.24) is 0 Å². The number of furan rings is 1. The molecule has 1 heterocycles. The van der Waals surface area contributed by atoms with Gasteiger partial charge in [-0.2, -0.15) is 8.78 Å². The molecular formula is C21H18ClF2NO4. The first-order chi connectivity index (χ1) is 13.8. The van der Waals surface area contributed by atoms with Gasteiger partial charge in [-0.15, -0.1) is 0 Å². The van der Waals surface area contributed by atoms with Gasteiger partial charge in [-0.1, -0.05) is 17.7 Å². The highest BCUT2D eigenvalue weighted by molar-refractivity contribution is 6.31. The molecule has 0 aliphatic heterocycles. The van der Waals surface area contributed by atoms with E-state index in [9.17, 15) is 13.6 Å². The number of benzene rings is 2. The highest BCUT2D eigenvalue weighted by atomic mass is 35.5. The minimum absolute atomic E-state index is 0.0134. The van der Waals surface area contributed by atoms with Crippen LogP contribution < -0.4 is 14.8 Å². The Bertz CT molecular complexity index is 1020. The lowest BCUT2D eigenvalue weighted by molar-refractivity contribution is -0.0494. The summed E-state index contributed by atoms with van der Waals surface area (Å²) < 4.78 is 40.8. The van der Waals surface area contributed by atoms with Crippen molar-refractivity contribution in [2.75, 3.05) is 5.32 Å². The van der Waals surface area contributed by atoms with E-state index in [1.54, 1.807) is 37.3 Å². The Morgan fingerprint density at radius 3 is 2.66 bits per heavy atom. The number of alkyl halides is 2. The van der Waals surface area contributed by atoms with Crippen LogP contribution in [0.5, 0.6) is 11.5 Å². The molecule has 29 heavy (non-hydrogen) atoms. The van der Waals surface area contributed by atoms with Crippen LogP contribution in [-0.4, -0.2) is 12.5 Å². The van der Waals surface area contributed by atoms with Crippen molar-refractivity contribution in [3.8, 4) is 11.5 Å². The van der Waals surface area contributed by atoms with Crippen LogP contribution in [0, 0.1) is 13.8 Å². The molecule has 0 spiro atoms. The van der Waals surface area contributed by atoms with E-state index >= 15 is 0 Å². The molecule has 0 aliphatic rings. The van der Waals surface area contributed by atoms with E-state index in [-0.39, 0.29) is 23.8 Å². The van der Waals surface area contributed by atoms with Crippen molar-refractivity contribution < 1.29 is 27.5 Å². The Kier molecular flexibility index (Phi) is 6.39. The monoisotopic (exact) mass is 421 g/mol. The molecule has 0 saturated carbocycles. The summed E-state index contributed by atoms with van der Waals surface area (Å²) in [4.78, 5) is 12.4. The zero-order chi connectivity index (χ0) is 21.0. The van der Waals surface area contributed by atoms with Gasteiger partial charge in [-0.05, 0) is 67.4 Å². The Morgan fingerprint density at radius 1 is 1.14 bits per heavy atom. The number of ether oxygens (including phenoxy) is 2. The average molecular weight is 422 g/mol. The summed E-state index contributed by atoms with van der Waals surface area (Å²) >= 11 is 5.98. The van der Waals surface area contributed by atoms with Crippen LogP contribution in [0.1, 0.15) is 27.4 Å². The van der Waals surface area contributed by atoms with Crippen molar-refractivity contribution in [1.29, 1.82) is 0 Å². The SMILES string of the molecule is Cc1ccc(NC(=O)c2ccc(COc3ccc(Cl)c(C)c3)o2)c(OC(F)F)c1. The molecule has 0 bridgehead atoms. The van der Waals surface area contributed by atoms with E-state index in [4.69, 9.17) is 20.8 Å². The number of halogens is 3. The van der Waals surface area contributed by atoms with Crippen LogP contribution in [-0.2, 0) is 6.61 Å². The van der Waals surface area contributed by atoms with Crippen LogP contribution in [0.25, 0.3) is 0 Å². The van der Waals surface area contributed by atoms with E-state index in [1.165, 1.54) is 18.2 Å². The lowest BCUT2D eigenvalue weighted by Gasteiger charge is -2.12. The minimum atomic E-state index is -3.00. The van der Waals surface area contributed by atoms with Crippen LogP contribution in [0.4, 0.5) is 14.5 Å². The molecule has 0 radical (unpaired) electrons. The lowest BCUT2D eigenvalue weighted by atomic mass is 10.2. The van der Waals surface area contributed by atoms with E-state index in [0.717, 1.165) is 5.56 Å². The first kappa shape index (κ1) is 20.7. The third-order valence-corrected chi connectivity index (χ3v) is 4.42. The molecule has 1 aromatic heterocycles. The minimum Gasteiger partial charge on any atom is -0.486 e. The molecule has 8 heteroatoms. The van der Waals surface area contributed by atoms with Crippen LogP contribution in [0.3, 0.4) is 0 Å². The summed E-state index contributed by atoms with van der Waals surface area (Å²) in [5.41, 5.74) is 1.71. The zero-order valence-corrected chi connectivity index (χ0v) is 16.4. The van der Waals surface area contributed by atoms with Gasteiger partial charge in [0.25, 0.3) is 5.91 Å². The Morgan fingerprint density at radius 2 is 1.93 bits per heavy atom. The smallest absolute Gasteiger partial charge is 0.387 e. The van der Waals surface area contributed by atoms with Gasteiger partial charge < -0.3 is 19.2 Å². The molecule has 0 saturated heterocycles. The van der Waals surface area contributed by atoms with Gasteiger partial charge in [-0.25, -0.2) is 0 Å². The van der Waals surface area contributed by atoms with Crippen LogP contribution in [0.15, 0.2) is 52.9 Å². The fourth-order valence-electron chi connectivity index (χ4n) is 2.55. The topological polar surface area (TPSA) is 60.7 Å². The van der Waals surface area contributed by atoms with Gasteiger partial charge in [0.05, 0.1) is 5.69 Å². The predicted octanol–water partition coefficient (Wildman–Crippen LogP) is 5.98. The molecule has 3 aromatic rings. The number of nitrogens with one attached hydrogen (secondary N) is 1. The second kappa shape index (κ2) is 8.96. The maximum Gasteiger partial charge on any atom is 0.387 e. The number of carbonyl (C=O) groups is 1. The summed E-state index contributed by atoms with van der Waals surface area (Å²) in [5.74, 6) is 0.334. The molecule has 0 fully saturated rings. The van der Waals surface area contributed by atoms with Crippen LogP contribution >= 0.6 is 11.6 Å². The molecule has 0 aliphatic carbocycles. The van der Waals surface area contributed by atoms with Crippen molar-refractivity contribution in [2.45, 2.75) is 27.1 Å². The predicted molar refractivity (Wildman–Crippen MR) is 105 cm³/mol. The third-order valence-electron chi connectivity index (χ3n) is 4.00. The highest BCUT2D eigenvalue weighted by Gasteiger charge is 2.16. The molecule has 3 rings (SSSR count). The first-order valence-electron chi connectivity index (χ1n) is 8.66. The fourth-order valence-corrected chi connectivity index (χ4v) is 2.67. The molecule has 1 amide bonds. The molecule has 0 atom stereocenters. The largest absolute Gasteiger partial charge is 0.486 e. The van der Waals surface area contributed by atoms with Gasteiger partial charge in [0.2, 0.25) is 0 Å². The Hall–Kier alpha value is -3.06. The van der Waals surface area contributed by atoms with Gasteiger partial charge >= 0.3 is 6.61 Å². The van der Waals surface area contributed by atoms with Gasteiger partial charge in [0.15, 0.2) is 5.76 Å². The zero-order valence-electron chi connectivity index (χ0n) is 15.7. The standard InChI is InChI=1S/C21H18ClF2NO4/c1-12-3-7-17(19(9-12)29-21(23)24)25-20(26)18-8-5-15(28-18)11-27-14-4-6-16(22)13(2)10-14/h3-10,21H,11H2,1-2H3,(H,25,26). The average Bonchev–Trinajstić information content (AvgIpc) is 3.13. The summed E-state index contributed by atoms with van der Waals surface area (Å²) in [6.45, 7) is 0.696. The normalized spacial score (nSPS) is 10.8. The molecule has 0 unspecified atom stereocenters. The van der Waals surface area contributed by atoms with E-state index < -0.39 is 12.5 Å². The Balaban J connectivity index is 1.66. The second-order valence-electron chi connectivity index (χ2n) is 6.30. The van der Waals surface area contributed by atoms with Crippen molar-refractivity contribution in [3.05, 3.63) is 76.2 Å². The third kappa shape index (κ3) is 5.48. The summed E-state index contributed by atoms with van der Waals surface area (Å²) in [6, 6.07) is 12.9. The second-order valence-corrected chi connectivity index (χ2v) is 6.71. The quantitative estimate of drug-likeness (QED) is 0.509. The maximum absolute atomic E-state index is 12.6. The summed E-state index contributed by atoms with van der Waals surface area (Å²) in [5, 5.41) is 3.15. The Labute approximate surface area is 171 Å². The number of aryl methyl sites for hydroxylation is 2. The molecule has 1 N–H and O–H groups in total. The fraction of sp³-hybridized carbons (Fsp3) is 0.190. The van der Waals surface area contributed by atoms with Crippen molar-refractivity contribution >= 4 is 23.2 Å². The number of hydrogen-bond donors (Lipinski definition) is 1. The molecule has 152 valence electrons.